The normalized spacial score (nSPS) is 19.8. The maximum Gasteiger partial charge on any atom is 0.257 e. The maximum absolute atomic E-state index is 12.5. The molecular formula is C12H13Cl2N3O2. The fraction of sp³-hybridized carbons (Fsp3) is 0.333. The first-order chi connectivity index (χ1) is 9.06. The monoisotopic (exact) mass is 301 g/mol. The van der Waals surface area contributed by atoms with Crippen LogP contribution < -0.4 is 5.73 Å². The molecule has 0 radical (unpaired) electrons. The summed E-state index contributed by atoms with van der Waals surface area (Å²) in [5.41, 5.74) is 5.85. The summed E-state index contributed by atoms with van der Waals surface area (Å²) in [6.07, 6.45) is 1.44. The zero-order valence-electron chi connectivity index (χ0n) is 10.0. The molecule has 1 unspecified atom stereocenters. The number of likely N-dealkylation sites (tertiary alicyclic amines) is 1. The van der Waals surface area contributed by atoms with Gasteiger partial charge in [0, 0.05) is 6.54 Å². The number of hydrogen-bond acceptors (Lipinski definition) is 3. The Balaban J connectivity index is 2.34. The molecule has 1 atom stereocenters. The van der Waals surface area contributed by atoms with E-state index in [-0.39, 0.29) is 17.3 Å². The van der Waals surface area contributed by atoms with Crippen LogP contribution in [0.2, 0.25) is 10.0 Å². The van der Waals surface area contributed by atoms with Gasteiger partial charge in [-0.25, -0.2) is 0 Å². The van der Waals surface area contributed by atoms with Crippen molar-refractivity contribution in [3.63, 3.8) is 0 Å². The van der Waals surface area contributed by atoms with Crippen LogP contribution in [0.1, 0.15) is 23.2 Å². The summed E-state index contributed by atoms with van der Waals surface area (Å²) in [4.78, 5) is 14.0. The molecule has 1 amide bonds. The number of hydrogen-bond donors (Lipinski definition) is 2. The SMILES string of the molecule is NC(=NO)C1CCCN1C(=O)c1c(Cl)cccc1Cl. The van der Waals surface area contributed by atoms with Crippen LogP contribution in [0.4, 0.5) is 0 Å². The third-order valence-electron chi connectivity index (χ3n) is 3.15. The van der Waals surface area contributed by atoms with Crippen molar-refractivity contribution < 1.29 is 10.0 Å². The van der Waals surface area contributed by atoms with Crippen LogP contribution in [-0.2, 0) is 0 Å². The van der Waals surface area contributed by atoms with E-state index in [0.29, 0.717) is 23.0 Å². The molecular weight excluding hydrogens is 289 g/mol. The number of oxime groups is 1. The highest BCUT2D eigenvalue weighted by Gasteiger charge is 2.33. The lowest BCUT2D eigenvalue weighted by atomic mass is 10.1. The largest absolute Gasteiger partial charge is 0.409 e. The lowest BCUT2D eigenvalue weighted by Crippen LogP contribution is -2.44. The quantitative estimate of drug-likeness (QED) is 0.381. The van der Waals surface area contributed by atoms with Gasteiger partial charge >= 0.3 is 0 Å². The van der Waals surface area contributed by atoms with Crippen LogP contribution in [0.5, 0.6) is 0 Å². The molecule has 1 aromatic carbocycles. The van der Waals surface area contributed by atoms with Crippen molar-refractivity contribution in [1.82, 2.24) is 4.90 Å². The predicted octanol–water partition coefficient (Wildman–Crippen LogP) is 2.34. The second kappa shape index (κ2) is 5.67. The molecule has 1 saturated heterocycles. The van der Waals surface area contributed by atoms with Crippen molar-refractivity contribution >= 4 is 34.9 Å². The summed E-state index contributed by atoms with van der Waals surface area (Å²) in [5.74, 6) is -0.279. The van der Waals surface area contributed by atoms with Gasteiger partial charge in [-0.05, 0) is 25.0 Å². The van der Waals surface area contributed by atoms with E-state index in [2.05, 4.69) is 5.16 Å². The highest BCUT2D eigenvalue weighted by atomic mass is 35.5. The molecule has 2 rings (SSSR count). The van der Waals surface area contributed by atoms with Crippen LogP contribution in [0, 0.1) is 0 Å². The highest BCUT2D eigenvalue weighted by molar-refractivity contribution is 6.39. The Hall–Kier alpha value is -1.46. The van der Waals surface area contributed by atoms with Gasteiger partial charge in [-0.15, -0.1) is 0 Å². The molecule has 0 saturated carbocycles. The average Bonchev–Trinajstić information content (AvgIpc) is 2.86. The number of amidine groups is 1. The molecule has 7 heteroatoms. The number of nitrogens with zero attached hydrogens (tertiary/aromatic N) is 2. The van der Waals surface area contributed by atoms with E-state index >= 15 is 0 Å². The van der Waals surface area contributed by atoms with Gasteiger partial charge in [0.2, 0.25) is 0 Å². The molecule has 5 nitrogen and oxygen atoms in total. The van der Waals surface area contributed by atoms with Gasteiger partial charge in [0.15, 0.2) is 5.84 Å². The van der Waals surface area contributed by atoms with Crippen molar-refractivity contribution in [2.75, 3.05) is 6.54 Å². The number of rotatable bonds is 2. The van der Waals surface area contributed by atoms with Crippen molar-refractivity contribution in [2.24, 2.45) is 10.9 Å². The fourth-order valence-corrected chi connectivity index (χ4v) is 2.79. The summed E-state index contributed by atoms with van der Waals surface area (Å²) in [6.45, 7) is 0.529. The van der Waals surface area contributed by atoms with E-state index in [1.165, 1.54) is 4.90 Å². The summed E-state index contributed by atoms with van der Waals surface area (Å²) in [7, 11) is 0. The van der Waals surface area contributed by atoms with Crippen LogP contribution >= 0.6 is 23.2 Å². The van der Waals surface area contributed by atoms with E-state index in [0.717, 1.165) is 6.42 Å². The number of benzene rings is 1. The van der Waals surface area contributed by atoms with E-state index in [4.69, 9.17) is 34.1 Å². The molecule has 1 aromatic rings. The lowest BCUT2D eigenvalue weighted by Gasteiger charge is -2.24. The van der Waals surface area contributed by atoms with E-state index in [1.807, 2.05) is 0 Å². The lowest BCUT2D eigenvalue weighted by molar-refractivity contribution is 0.0768. The molecule has 102 valence electrons. The van der Waals surface area contributed by atoms with E-state index in [9.17, 15) is 4.79 Å². The molecule has 1 aliphatic rings. The second-order valence-electron chi connectivity index (χ2n) is 4.28. The summed E-state index contributed by atoms with van der Waals surface area (Å²) in [5, 5.41) is 12.3. The van der Waals surface area contributed by atoms with Crippen molar-refractivity contribution in [3.05, 3.63) is 33.8 Å². The summed E-state index contributed by atoms with van der Waals surface area (Å²) in [6, 6.07) is 4.47. The minimum Gasteiger partial charge on any atom is -0.409 e. The molecule has 0 spiro atoms. The minimum atomic E-state index is -0.412. The molecule has 0 aliphatic carbocycles. The second-order valence-corrected chi connectivity index (χ2v) is 5.09. The molecule has 1 heterocycles. The third kappa shape index (κ3) is 2.62. The molecule has 0 aromatic heterocycles. The highest BCUT2D eigenvalue weighted by Crippen LogP contribution is 2.28. The number of halogens is 2. The summed E-state index contributed by atoms with van der Waals surface area (Å²) >= 11 is 12.0. The molecule has 0 bridgehead atoms. The van der Waals surface area contributed by atoms with Crippen LogP contribution in [-0.4, -0.2) is 34.4 Å². The Morgan fingerprint density at radius 3 is 2.63 bits per heavy atom. The van der Waals surface area contributed by atoms with Crippen LogP contribution in [0.25, 0.3) is 0 Å². The molecule has 1 aliphatic heterocycles. The van der Waals surface area contributed by atoms with Gasteiger partial charge in [-0.1, -0.05) is 34.4 Å². The average molecular weight is 302 g/mol. The predicted molar refractivity (Wildman–Crippen MR) is 73.9 cm³/mol. The van der Waals surface area contributed by atoms with Gasteiger partial charge in [0.25, 0.3) is 5.91 Å². The Bertz CT molecular complexity index is 513. The standard InChI is InChI=1S/C12H13Cl2N3O2/c13-7-3-1-4-8(14)10(7)12(18)17-6-2-5-9(17)11(15)16-19/h1,3-4,9,19H,2,5-6H2,(H2,15,16). The Morgan fingerprint density at radius 1 is 1.42 bits per heavy atom. The Labute approximate surface area is 120 Å². The van der Waals surface area contributed by atoms with Crippen LogP contribution in [0.3, 0.4) is 0 Å². The van der Waals surface area contributed by atoms with E-state index < -0.39 is 6.04 Å². The zero-order chi connectivity index (χ0) is 14.0. The van der Waals surface area contributed by atoms with Crippen molar-refractivity contribution in [1.29, 1.82) is 0 Å². The number of carbonyl (C=O) groups is 1. The van der Waals surface area contributed by atoms with Gasteiger partial charge in [-0.3, -0.25) is 4.79 Å². The molecule has 3 N–H and O–H groups in total. The number of amides is 1. The maximum atomic E-state index is 12.5. The first-order valence-corrected chi connectivity index (χ1v) is 6.54. The summed E-state index contributed by atoms with van der Waals surface area (Å²) < 4.78 is 0. The Kier molecular flexibility index (Phi) is 4.17. The fourth-order valence-electron chi connectivity index (χ4n) is 2.23. The topological polar surface area (TPSA) is 78.9 Å². The minimum absolute atomic E-state index is 0.0222. The third-order valence-corrected chi connectivity index (χ3v) is 3.78. The van der Waals surface area contributed by atoms with Gasteiger partial charge in [0.05, 0.1) is 21.7 Å². The Morgan fingerprint density at radius 2 is 2.05 bits per heavy atom. The smallest absolute Gasteiger partial charge is 0.257 e. The molecule has 1 fully saturated rings. The first-order valence-electron chi connectivity index (χ1n) is 5.78. The van der Waals surface area contributed by atoms with Gasteiger partial charge < -0.3 is 15.8 Å². The van der Waals surface area contributed by atoms with Gasteiger partial charge in [0.1, 0.15) is 0 Å². The zero-order valence-corrected chi connectivity index (χ0v) is 11.5. The van der Waals surface area contributed by atoms with Crippen molar-refractivity contribution in [2.45, 2.75) is 18.9 Å². The van der Waals surface area contributed by atoms with Crippen LogP contribution in [0.15, 0.2) is 23.4 Å². The van der Waals surface area contributed by atoms with E-state index in [1.54, 1.807) is 18.2 Å². The molecule has 19 heavy (non-hydrogen) atoms. The first kappa shape index (κ1) is 14.0. The van der Waals surface area contributed by atoms with Crippen molar-refractivity contribution in [3.8, 4) is 0 Å². The number of carbonyl (C=O) groups excluding carboxylic acids is 1. The van der Waals surface area contributed by atoms with Gasteiger partial charge in [-0.2, -0.15) is 0 Å². The number of nitrogens with two attached hydrogens (primary N) is 1.